The molecule has 0 aliphatic heterocycles. The fraction of sp³-hybridized carbons (Fsp3) is 0.571. The molecule has 0 bridgehead atoms. The van der Waals surface area contributed by atoms with E-state index >= 15 is 0 Å². The van der Waals surface area contributed by atoms with Crippen LogP contribution in [0, 0.1) is 5.92 Å². The third kappa shape index (κ3) is 3.23. The summed E-state index contributed by atoms with van der Waals surface area (Å²) in [6.07, 6.45) is 2.80. The van der Waals surface area contributed by atoms with Gasteiger partial charge in [-0.2, -0.15) is 0 Å². The topological polar surface area (TPSA) is 29.3 Å². The summed E-state index contributed by atoms with van der Waals surface area (Å²) >= 11 is 3.62. The van der Waals surface area contributed by atoms with Gasteiger partial charge in [0.15, 0.2) is 0 Å². The first kappa shape index (κ1) is 12.9. The van der Waals surface area contributed by atoms with Crippen LogP contribution in [0.15, 0.2) is 22.7 Å². The van der Waals surface area contributed by atoms with Crippen molar-refractivity contribution in [2.45, 2.75) is 32.7 Å². The van der Waals surface area contributed by atoms with Crippen LogP contribution in [0.25, 0.3) is 0 Å². The number of hydrogen-bond donors (Lipinski definition) is 1. The molecule has 1 aromatic carbocycles. The number of rotatable bonds is 5. The maximum absolute atomic E-state index is 5.92. The third-order valence-corrected chi connectivity index (χ3v) is 4.08. The number of benzene rings is 1. The van der Waals surface area contributed by atoms with Gasteiger partial charge in [-0.25, -0.2) is 0 Å². The quantitative estimate of drug-likeness (QED) is 0.898. The van der Waals surface area contributed by atoms with Gasteiger partial charge in [-0.3, -0.25) is 0 Å². The number of anilines is 1. The smallest absolute Gasteiger partial charge is 0.0377 e. The van der Waals surface area contributed by atoms with Crippen molar-refractivity contribution in [2.75, 3.05) is 18.0 Å². The zero-order valence-electron chi connectivity index (χ0n) is 10.6. The number of nitrogens with two attached hydrogens (primary N) is 1. The molecule has 1 fully saturated rings. The Morgan fingerprint density at radius 3 is 2.65 bits per heavy atom. The first-order chi connectivity index (χ1) is 8.11. The van der Waals surface area contributed by atoms with E-state index in [4.69, 9.17) is 5.73 Å². The molecular weight excluding hydrogens is 276 g/mol. The van der Waals surface area contributed by atoms with Crippen molar-refractivity contribution >= 4 is 21.6 Å². The van der Waals surface area contributed by atoms with E-state index < -0.39 is 0 Å². The average Bonchev–Trinajstić information content (AvgIpc) is 3.09. The Bertz CT molecular complexity index is 386. The van der Waals surface area contributed by atoms with Crippen LogP contribution in [0.3, 0.4) is 0 Å². The summed E-state index contributed by atoms with van der Waals surface area (Å²) in [6.45, 7) is 6.50. The highest BCUT2D eigenvalue weighted by Crippen LogP contribution is 2.33. The van der Waals surface area contributed by atoms with E-state index in [9.17, 15) is 0 Å². The molecule has 0 amide bonds. The number of hydrogen-bond acceptors (Lipinski definition) is 2. The molecule has 0 aromatic heterocycles. The van der Waals surface area contributed by atoms with Crippen LogP contribution >= 0.6 is 15.9 Å². The van der Waals surface area contributed by atoms with E-state index in [1.165, 1.54) is 30.6 Å². The normalized spacial score (nSPS) is 16.9. The highest BCUT2D eigenvalue weighted by molar-refractivity contribution is 9.10. The molecule has 0 radical (unpaired) electrons. The molecule has 1 aliphatic carbocycles. The summed E-state index contributed by atoms with van der Waals surface area (Å²) in [5, 5.41) is 0. The molecule has 1 saturated carbocycles. The Morgan fingerprint density at radius 1 is 1.47 bits per heavy atom. The van der Waals surface area contributed by atoms with Crippen molar-refractivity contribution in [1.29, 1.82) is 0 Å². The van der Waals surface area contributed by atoms with Gasteiger partial charge in [-0.15, -0.1) is 0 Å². The van der Waals surface area contributed by atoms with Gasteiger partial charge in [0.2, 0.25) is 0 Å². The molecule has 0 spiro atoms. The first-order valence-electron chi connectivity index (χ1n) is 6.41. The average molecular weight is 297 g/mol. The molecule has 1 aliphatic rings. The van der Waals surface area contributed by atoms with Crippen molar-refractivity contribution in [3.05, 3.63) is 28.2 Å². The lowest BCUT2D eigenvalue weighted by Gasteiger charge is -2.24. The van der Waals surface area contributed by atoms with Gasteiger partial charge in [0.05, 0.1) is 0 Å². The van der Waals surface area contributed by atoms with Crippen LogP contribution in [0.4, 0.5) is 5.69 Å². The minimum Gasteiger partial charge on any atom is -0.372 e. The minimum absolute atomic E-state index is 0.0805. The van der Waals surface area contributed by atoms with Crippen LogP contribution in [-0.2, 0) is 0 Å². The summed E-state index contributed by atoms with van der Waals surface area (Å²) < 4.78 is 1.12. The van der Waals surface area contributed by atoms with Crippen LogP contribution in [0.2, 0.25) is 0 Å². The molecule has 17 heavy (non-hydrogen) atoms. The van der Waals surface area contributed by atoms with Gasteiger partial charge in [0.1, 0.15) is 0 Å². The van der Waals surface area contributed by atoms with Gasteiger partial charge >= 0.3 is 0 Å². The molecule has 1 unspecified atom stereocenters. The van der Waals surface area contributed by atoms with E-state index in [1.807, 2.05) is 6.92 Å². The van der Waals surface area contributed by atoms with Gasteiger partial charge in [0, 0.05) is 29.3 Å². The molecule has 0 saturated heterocycles. The van der Waals surface area contributed by atoms with Gasteiger partial charge < -0.3 is 10.6 Å². The highest BCUT2D eigenvalue weighted by atomic mass is 79.9. The SMILES string of the molecule is CCN(CC1CC1)c1ccc(C(C)N)c(Br)c1. The second-order valence-corrected chi connectivity index (χ2v) is 5.83. The second kappa shape index (κ2) is 5.40. The van der Waals surface area contributed by atoms with E-state index in [-0.39, 0.29) is 6.04 Å². The zero-order valence-corrected chi connectivity index (χ0v) is 12.2. The van der Waals surface area contributed by atoms with Crippen LogP contribution in [-0.4, -0.2) is 13.1 Å². The van der Waals surface area contributed by atoms with E-state index in [2.05, 4.69) is 46.0 Å². The molecule has 2 rings (SSSR count). The lowest BCUT2D eigenvalue weighted by molar-refractivity contribution is 0.740. The van der Waals surface area contributed by atoms with Crippen LogP contribution in [0.5, 0.6) is 0 Å². The maximum Gasteiger partial charge on any atom is 0.0377 e. The lowest BCUT2D eigenvalue weighted by atomic mass is 10.1. The van der Waals surface area contributed by atoms with Crippen LogP contribution in [0.1, 0.15) is 38.3 Å². The molecule has 94 valence electrons. The van der Waals surface area contributed by atoms with Crippen molar-refractivity contribution in [1.82, 2.24) is 0 Å². The molecule has 3 heteroatoms. The summed E-state index contributed by atoms with van der Waals surface area (Å²) in [7, 11) is 0. The summed E-state index contributed by atoms with van der Waals surface area (Å²) in [4.78, 5) is 2.45. The minimum atomic E-state index is 0.0805. The van der Waals surface area contributed by atoms with Crippen molar-refractivity contribution in [2.24, 2.45) is 11.7 Å². The third-order valence-electron chi connectivity index (χ3n) is 3.40. The summed E-state index contributed by atoms with van der Waals surface area (Å²) in [5.41, 5.74) is 8.40. The summed E-state index contributed by atoms with van der Waals surface area (Å²) in [5.74, 6) is 0.918. The number of halogens is 1. The van der Waals surface area contributed by atoms with Gasteiger partial charge in [-0.05, 0) is 50.3 Å². The van der Waals surface area contributed by atoms with E-state index in [0.717, 1.165) is 16.9 Å². The predicted octanol–water partition coefficient (Wildman–Crippen LogP) is 3.71. The van der Waals surface area contributed by atoms with E-state index in [0.29, 0.717) is 0 Å². The molecular formula is C14H21BrN2. The number of nitrogens with zero attached hydrogens (tertiary/aromatic N) is 1. The van der Waals surface area contributed by atoms with Crippen LogP contribution < -0.4 is 10.6 Å². The zero-order chi connectivity index (χ0) is 12.4. The van der Waals surface area contributed by atoms with Gasteiger partial charge in [0.25, 0.3) is 0 Å². The van der Waals surface area contributed by atoms with Crippen molar-refractivity contribution < 1.29 is 0 Å². The van der Waals surface area contributed by atoms with Crippen molar-refractivity contribution in [3.8, 4) is 0 Å². The predicted molar refractivity (Wildman–Crippen MR) is 77.4 cm³/mol. The molecule has 2 nitrogen and oxygen atoms in total. The Morgan fingerprint density at radius 2 is 2.18 bits per heavy atom. The standard InChI is InChI=1S/C14H21BrN2/c1-3-17(9-11-4-5-11)12-6-7-13(10(2)16)14(15)8-12/h6-8,10-11H,3-5,9,16H2,1-2H3. The molecule has 1 atom stereocenters. The van der Waals surface area contributed by atoms with E-state index in [1.54, 1.807) is 0 Å². The fourth-order valence-corrected chi connectivity index (χ4v) is 2.84. The maximum atomic E-state index is 5.92. The first-order valence-corrected chi connectivity index (χ1v) is 7.21. The Hall–Kier alpha value is -0.540. The summed E-state index contributed by atoms with van der Waals surface area (Å²) in [6, 6.07) is 6.61. The Labute approximate surface area is 112 Å². The molecule has 1 aromatic rings. The fourth-order valence-electron chi connectivity index (χ4n) is 2.11. The Balaban J connectivity index is 2.16. The van der Waals surface area contributed by atoms with Crippen molar-refractivity contribution in [3.63, 3.8) is 0 Å². The monoisotopic (exact) mass is 296 g/mol. The second-order valence-electron chi connectivity index (χ2n) is 4.98. The Kier molecular flexibility index (Phi) is 4.10. The van der Waals surface area contributed by atoms with Gasteiger partial charge in [-0.1, -0.05) is 22.0 Å². The molecule has 0 heterocycles. The highest BCUT2D eigenvalue weighted by Gasteiger charge is 2.24. The molecule has 2 N–H and O–H groups in total. The largest absolute Gasteiger partial charge is 0.372 e. The lowest BCUT2D eigenvalue weighted by Crippen LogP contribution is -2.25.